The summed E-state index contributed by atoms with van der Waals surface area (Å²) in [6.07, 6.45) is 1.68. The first-order valence-corrected chi connectivity index (χ1v) is 10.5. The van der Waals surface area contributed by atoms with Gasteiger partial charge < -0.3 is 10.6 Å². The van der Waals surface area contributed by atoms with Gasteiger partial charge in [-0.1, -0.05) is 41.4 Å². The highest BCUT2D eigenvalue weighted by Crippen LogP contribution is 2.20. The number of amides is 2. The molecule has 1 aliphatic rings. The molecule has 2 amide bonds. The molecule has 1 heterocycles. The monoisotopic (exact) mass is 433 g/mol. The highest BCUT2D eigenvalue weighted by Gasteiger charge is 2.24. The maximum atomic E-state index is 12.4. The number of carbonyl (C=O) groups is 2. The highest BCUT2D eigenvalue weighted by molar-refractivity contribution is 6.31. The number of rotatable bonds is 7. The molecule has 7 heteroatoms. The van der Waals surface area contributed by atoms with E-state index in [1.165, 1.54) is 5.56 Å². The first-order chi connectivity index (χ1) is 14.0. The molecular weight excluding hydrogens is 409 g/mol. The predicted molar refractivity (Wildman–Crippen MR) is 116 cm³/mol. The molecule has 3 rings (SSSR count). The zero-order valence-corrected chi connectivity index (χ0v) is 17.7. The minimum atomic E-state index is -0.197. The lowest BCUT2D eigenvalue weighted by atomic mass is 9.95. The van der Waals surface area contributed by atoms with Gasteiger partial charge in [0.2, 0.25) is 5.91 Å². The van der Waals surface area contributed by atoms with Gasteiger partial charge in [0.15, 0.2) is 0 Å². The molecule has 0 atom stereocenters. The van der Waals surface area contributed by atoms with Crippen LogP contribution in [0.15, 0.2) is 48.5 Å². The standard InChI is InChI=1S/C22H25Cl2N3O2/c23-19-6-4-16(5-7-19)15-27-12-8-17(9-13-27)21(28)25-10-11-26-22(29)18-2-1-3-20(24)14-18/h1-7,14,17H,8-13,15H2,(H,25,28)(H,26,29). The van der Waals surface area contributed by atoms with Crippen molar-refractivity contribution in [3.05, 3.63) is 69.7 Å². The van der Waals surface area contributed by atoms with Gasteiger partial charge in [0, 0.05) is 41.2 Å². The summed E-state index contributed by atoms with van der Waals surface area (Å²) in [6, 6.07) is 14.7. The van der Waals surface area contributed by atoms with Crippen LogP contribution in [0.3, 0.4) is 0 Å². The number of halogens is 2. The Balaban J connectivity index is 1.33. The van der Waals surface area contributed by atoms with E-state index in [-0.39, 0.29) is 17.7 Å². The average Bonchev–Trinajstić information content (AvgIpc) is 2.73. The van der Waals surface area contributed by atoms with E-state index in [0.29, 0.717) is 23.7 Å². The van der Waals surface area contributed by atoms with E-state index < -0.39 is 0 Å². The van der Waals surface area contributed by atoms with Gasteiger partial charge in [-0.05, 0) is 61.8 Å². The first-order valence-electron chi connectivity index (χ1n) is 9.79. The molecular formula is C22H25Cl2N3O2. The van der Waals surface area contributed by atoms with E-state index >= 15 is 0 Å². The normalized spacial score (nSPS) is 15.1. The molecule has 0 aliphatic carbocycles. The van der Waals surface area contributed by atoms with Gasteiger partial charge in [-0.15, -0.1) is 0 Å². The first kappa shape index (κ1) is 21.6. The Bertz CT molecular complexity index is 834. The Kier molecular flexibility index (Phi) is 7.92. The summed E-state index contributed by atoms with van der Waals surface area (Å²) < 4.78 is 0. The average molecular weight is 434 g/mol. The Labute approximate surface area is 181 Å². The fraction of sp³-hybridized carbons (Fsp3) is 0.364. The third-order valence-corrected chi connectivity index (χ3v) is 5.56. The van der Waals surface area contributed by atoms with Crippen molar-refractivity contribution in [1.29, 1.82) is 0 Å². The molecule has 0 radical (unpaired) electrons. The molecule has 154 valence electrons. The summed E-state index contributed by atoms with van der Waals surface area (Å²) in [5, 5.41) is 6.99. The smallest absolute Gasteiger partial charge is 0.251 e. The van der Waals surface area contributed by atoms with Crippen molar-refractivity contribution >= 4 is 35.0 Å². The third-order valence-electron chi connectivity index (χ3n) is 5.07. The van der Waals surface area contributed by atoms with Crippen LogP contribution in [-0.4, -0.2) is 42.9 Å². The van der Waals surface area contributed by atoms with Crippen LogP contribution in [0, 0.1) is 5.92 Å². The molecule has 1 aliphatic heterocycles. The lowest BCUT2D eigenvalue weighted by molar-refractivity contribution is -0.126. The lowest BCUT2D eigenvalue weighted by Gasteiger charge is -2.31. The largest absolute Gasteiger partial charge is 0.354 e. The van der Waals surface area contributed by atoms with Crippen molar-refractivity contribution in [2.45, 2.75) is 19.4 Å². The molecule has 2 N–H and O–H groups in total. The second-order valence-corrected chi connectivity index (χ2v) is 8.11. The van der Waals surface area contributed by atoms with Gasteiger partial charge in [-0.2, -0.15) is 0 Å². The summed E-state index contributed by atoms with van der Waals surface area (Å²) in [5.74, 6) is -0.106. The van der Waals surface area contributed by atoms with Crippen LogP contribution in [0.25, 0.3) is 0 Å². The van der Waals surface area contributed by atoms with Gasteiger partial charge in [-0.25, -0.2) is 0 Å². The summed E-state index contributed by atoms with van der Waals surface area (Å²) in [4.78, 5) is 26.8. The number of piperidine rings is 1. The Morgan fingerprint density at radius 3 is 2.31 bits per heavy atom. The van der Waals surface area contributed by atoms with Crippen LogP contribution in [0.2, 0.25) is 10.0 Å². The maximum absolute atomic E-state index is 12.4. The fourth-order valence-electron chi connectivity index (χ4n) is 3.44. The molecule has 0 spiro atoms. The number of carbonyl (C=O) groups excluding carboxylic acids is 2. The number of hydrogen-bond donors (Lipinski definition) is 2. The topological polar surface area (TPSA) is 61.4 Å². The SMILES string of the molecule is O=C(NCCNC(=O)C1CCN(Cc2ccc(Cl)cc2)CC1)c1cccc(Cl)c1. The summed E-state index contributed by atoms with van der Waals surface area (Å²) >= 11 is 11.8. The summed E-state index contributed by atoms with van der Waals surface area (Å²) in [7, 11) is 0. The molecule has 0 aromatic heterocycles. The van der Waals surface area contributed by atoms with Gasteiger partial charge in [-0.3, -0.25) is 14.5 Å². The number of likely N-dealkylation sites (tertiary alicyclic amines) is 1. The lowest BCUT2D eigenvalue weighted by Crippen LogP contribution is -2.42. The summed E-state index contributed by atoms with van der Waals surface area (Å²) in [5.41, 5.74) is 1.74. The molecule has 1 fully saturated rings. The van der Waals surface area contributed by atoms with E-state index in [4.69, 9.17) is 23.2 Å². The van der Waals surface area contributed by atoms with E-state index in [2.05, 4.69) is 15.5 Å². The molecule has 0 bridgehead atoms. The Hall–Kier alpha value is -2.08. The second kappa shape index (κ2) is 10.6. The van der Waals surface area contributed by atoms with Gasteiger partial charge in [0.25, 0.3) is 5.91 Å². The number of hydrogen-bond acceptors (Lipinski definition) is 3. The number of benzene rings is 2. The predicted octanol–water partition coefficient (Wildman–Crippen LogP) is 3.75. The van der Waals surface area contributed by atoms with Crippen molar-refractivity contribution in [3.63, 3.8) is 0 Å². The molecule has 2 aromatic carbocycles. The minimum absolute atomic E-state index is 0.0279. The molecule has 5 nitrogen and oxygen atoms in total. The van der Waals surface area contributed by atoms with Crippen molar-refractivity contribution in [2.24, 2.45) is 5.92 Å². The fourth-order valence-corrected chi connectivity index (χ4v) is 3.76. The van der Waals surface area contributed by atoms with Crippen LogP contribution in [0.1, 0.15) is 28.8 Å². The highest BCUT2D eigenvalue weighted by atomic mass is 35.5. The summed E-state index contributed by atoms with van der Waals surface area (Å²) in [6.45, 7) is 3.46. The molecule has 0 unspecified atom stereocenters. The van der Waals surface area contributed by atoms with E-state index in [9.17, 15) is 9.59 Å². The Morgan fingerprint density at radius 1 is 0.931 bits per heavy atom. The van der Waals surface area contributed by atoms with E-state index in [1.807, 2.05) is 24.3 Å². The van der Waals surface area contributed by atoms with E-state index in [0.717, 1.165) is 37.5 Å². The Morgan fingerprint density at radius 2 is 1.62 bits per heavy atom. The van der Waals surface area contributed by atoms with Crippen LogP contribution in [-0.2, 0) is 11.3 Å². The van der Waals surface area contributed by atoms with Crippen molar-refractivity contribution in [1.82, 2.24) is 15.5 Å². The van der Waals surface area contributed by atoms with Crippen molar-refractivity contribution < 1.29 is 9.59 Å². The number of nitrogens with one attached hydrogen (secondary N) is 2. The van der Waals surface area contributed by atoms with Crippen molar-refractivity contribution in [3.8, 4) is 0 Å². The number of nitrogens with zero attached hydrogens (tertiary/aromatic N) is 1. The van der Waals surface area contributed by atoms with Gasteiger partial charge >= 0.3 is 0 Å². The van der Waals surface area contributed by atoms with Crippen LogP contribution < -0.4 is 10.6 Å². The second-order valence-electron chi connectivity index (χ2n) is 7.23. The maximum Gasteiger partial charge on any atom is 0.251 e. The van der Waals surface area contributed by atoms with Crippen molar-refractivity contribution in [2.75, 3.05) is 26.2 Å². The third kappa shape index (κ3) is 6.74. The van der Waals surface area contributed by atoms with Crippen LogP contribution in [0.5, 0.6) is 0 Å². The van der Waals surface area contributed by atoms with Crippen LogP contribution in [0.4, 0.5) is 0 Å². The quantitative estimate of drug-likeness (QED) is 0.653. The zero-order valence-electron chi connectivity index (χ0n) is 16.2. The van der Waals surface area contributed by atoms with Gasteiger partial charge in [0.1, 0.15) is 0 Å². The van der Waals surface area contributed by atoms with Gasteiger partial charge in [0.05, 0.1) is 0 Å². The van der Waals surface area contributed by atoms with Crippen LogP contribution >= 0.6 is 23.2 Å². The van der Waals surface area contributed by atoms with E-state index in [1.54, 1.807) is 24.3 Å². The molecule has 1 saturated heterocycles. The minimum Gasteiger partial charge on any atom is -0.354 e. The molecule has 29 heavy (non-hydrogen) atoms. The molecule has 0 saturated carbocycles. The zero-order chi connectivity index (χ0) is 20.6. The molecule has 2 aromatic rings.